The molecule has 1 heterocycles. The zero-order chi connectivity index (χ0) is 13.7. The first-order valence-electron chi connectivity index (χ1n) is 5.92. The number of aldehydes is 1. The van der Waals surface area contributed by atoms with E-state index in [4.69, 9.17) is 9.26 Å². The fourth-order valence-corrected chi connectivity index (χ4v) is 2.07. The Morgan fingerprint density at radius 1 is 1.47 bits per heavy atom. The molecule has 5 nitrogen and oxygen atoms in total. The Morgan fingerprint density at radius 2 is 2.32 bits per heavy atom. The smallest absolute Gasteiger partial charge is 0.264 e. The van der Waals surface area contributed by atoms with Gasteiger partial charge in [-0.05, 0) is 34.5 Å². The highest BCUT2D eigenvalue weighted by molar-refractivity contribution is 9.10. The summed E-state index contributed by atoms with van der Waals surface area (Å²) >= 11 is 3.34. The Bertz CT molecular complexity index is 569. The summed E-state index contributed by atoms with van der Waals surface area (Å²) in [6.07, 6.45) is 2.48. The molecule has 6 heteroatoms. The maximum atomic E-state index is 10.9. The fourth-order valence-electron chi connectivity index (χ4n) is 1.58. The number of aromatic nitrogens is 2. The summed E-state index contributed by atoms with van der Waals surface area (Å²) in [4.78, 5) is 15.1. The summed E-state index contributed by atoms with van der Waals surface area (Å²) in [5.41, 5.74) is 0.475. The van der Waals surface area contributed by atoms with Gasteiger partial charge < -0.3 is 9.26 Å². The number of hydrogen-bond donors (Lipinski definition) is 0. The van der Waals surface area contributed by atoms with E-state index in [0.29, 0.717) is 27.5 Å². The Labute approximate surface area is 119 Å². The van der Waals surface area contributed by atoms with E-state index in [-0.39, 0.29) is 6.61 Å². The number of rotatable bonds is 6. The van der Waals surface area contributed by atoms with Crippen LogP contribution in [0.1, 0.15) is 35.4 Å². The highest BCUT2D eigenvalue weighted by Crippen LogP contribution is 2.28. The van der Waals surface area contributed by atoms with Crippen LogP contribution in [-0.2, 0) is 13.0 Å². The predicted octanol–water partition coefficient (Wildman–Crippen LogP) is 3.18. The molecule has 0 aliphatic rings. The summed E-state index contributed by atoms with van der Waals surface area (Å²) in [6, 6.07) is 5.26. The second-order valence-corrected chi connectivity index (χ2v) is 4.77. The van der Waals surface area contributed by atoms with E-state index in [2.05, 4.69) is 26.1 Å². The molecule has 0 radical (unpaired) electrons. The van der Waals surface area contributed by atoms with Crippen LogP contribution in [0.4, 0.5) is 0 Å². The van der Waals surface area contributed by atoms with Crippen molar-refractivity contribution in [2.75, 3.05) is 0 Å². The van der Waals surface area contributed by atoms with Crippen LogP contribution in [-0.4, -0.2) is 16.4 Å². The van der Waals surface area contributed by atoms with Crippen LogP contribution in [0, 0.1) is 0 Å². The quantitative estimate of drug-likeness (QED) is 0.763. The minimum absolute atomic E-state index is 0.139. The minimum Gasteiger partial charge on any atom is -0.482 e. The monoisotopic (exact) mass is 324 g/mol. The van der Waals surface area contributed by atoms with E-state index >= 15 is 0 Å². The van der Waals surface area contributed by atoms with Crippen LogP contribution in [0.2, 0.25) is 0 Å². The molecule has 0 unspecified atom stereocenters. The van der Waals surface area contributed by atoms with Crippen molar-refractivity contribution in [1.29, 1.82) is 0 Å². The number of para-hydroxylation sites is 1. The van der Waals surface area contributed by atoms with Gasteiger partial charge in [0, 0.05) is 6.42 Å². The molecule has 0 aliphatic heterocycles. The number of ether oxygens (including phenoxy) is 1. The second kappa shape index (κ2) is 6.47. The third-order valence-electron chi connectivity index (χ3n) is 2.45. The van der Waals surface area contributed by atoms with Crippen LogP contribution in [0.15, 0.2) is 27.2 Å². The molecule has 0 spiro atoms. The van der Waals surface area contributed by atoms with Gasteiger partial charge in [0.1, 0.15) is 5.75 Å². The molecule has 100 valence electrons. The Balaban J connectivity index is 2.07. The standard InChI is InChI=1S/C13H13BrN2O3/c1-2-4-11-15-12(19-16-11)8-18-13-9(7-17)5-3-6-10(13)14/h3,5-7H,2,4,8H2,1H3. The van der Waals surface area contributed by atoms with Crippen molar-refractivity contribution in [2.45, 2.75) is 26.4 Å². The van der Waals surface area contributed by atoms with E-state index in [9.17, 15) is 4.79 Å². The number of hydrogen-bond acceptors (Lipinski definition) is 5. The molecule has 0 fully saturated rings. The van der Waals surface area contributed by atoms with Crippen molar-refractivity contribution in [3.05, 3.63) is 40.0 Å². The SMILES string of the molecule is CCCc1noc(COc2c(Br)cccc2C=O)n1. The van der Waals surface area contributed by atoms with Crippen LogP contribution >= 0.6 is 15.9 Å². The van der Waals surface area contributed by atoms with Gasteiger partial charge in [-0.3, -0.25) is 4.79 Å². The summed E-state index contributed by atoms with van der Waals surface area (Å²) < 4.78 is 11.3. The summed E-state index contributed by atoms with van der Waals surface area (Å²) in [7, 11) is 0. The first kappa shape index (κ1) is 13.7. The third-order valence-corrected chi connectivity index (χ3v) is 3.07. The maximum absolute atomic E-state index is 10.9. The highest BCUT2D eigenvalue weighted by atomic mass is 79.9. The Kier molecular flexibility index (Phi) is 4.68. The molecule has 0 saturated carbocycles. The van der Waals surface area contributed by atoms with E-state index in [0.717, 1.165) is 19.1 Å². The lowest BCUT2D eigenvalue weighted by Gasteiger charge is -2.07. The molecule has 1 aromatic carbocycles. The summed E-state index contributed by atoms with van der Waals surface area (Å²) in [6.45, 7) is 2.18. The highest BCUT2D eigenvalue weighted by Gasteiger charge is 2.11. The van der Waals surface area contributed by atoms with Crippen molar-refractivity contribution in [1.82, 2.24) is 10.1 Å². The lowest BCUT2D eigenvalue weighted by molar-refractivity contribution is 0.111. The van der Waals surface area contributed by atoms with Gasteiger partial charge in [-0.2, -0.15) is 4.98 Å². The molecule has 19 heavy (non-hydrogen) atoms. The molecule has 0 amide bonds. The Hall–Kier alpha value is -1.69. The summed E-state index contributed by atoms with van der Waals surface area (Å²) in [5.74, 6) is 1.55. The average molecular weight is 325 g/mol. The molecule has 0 aliphatic carbocycles. The summed E-state index contributed by atoms with van der Waals surface area (Å²) in [5, 5.41) is 3.84. The van der Waals surface area contributed by atoms with Gasteiger partial charge in [-0.1, -0.05) is 18.1 Å². The lowest BCUT2D eigenvalue weighted by atomic mass is 10.2. The van der Waals surface area contributed by atoms with Gasteiger partial charge in [0.2, 0.25) is 0 Å². The minimum atomic E-state index is 0.139. The lowest BCUT2D eigenvalue weighted by Crippen LogP contribution is -1.99. The molecular weight excluding hydrogens is 312 g/mol. The molecule has 2 rings (SSSR count). The number of nitrogens with zero attached hydrogens (tertiary/aromatic N) is 2. The Morgan fingerprint density at radius 3 is 3.05 bits per heavy atom. The zero-order valence-electron chi connectivity index (χ0n) is 10.4. The van der Waals surface area contributed by atoms with Crippen LogP contribution in [0.25, 0.3) is 0 Å². The van der Waals surface area contributed by atoms with Crippen molar-refractivity contribution < 1.29 is 14.1 Å². The molecule has 0 N–H and O–H groups in total. The normalized spacial score (nSPS) is 10.4. The van der Waals surface area contributed by atoms with Gasteiger partial charge in [0.05, 0.1) is 10.0 Å². The van der Waals surface area contributed by atoms with Crippen molar-refractivity contribution in [3.8, 4) is 5.75 Å². The van der Waals surface area contributed by atoms with E-state index < -0.39 is 0 Å². The van der Waals surface area contributed by atoms with Gasteiger partial charge in [-0.15, -0.1) is 0 Å². The average Bonchev–Trinajstić information content (AvgIpc) is 2.85. The molecule has 0 saturated heterocycles. The number of halogens is 1. The van der Waals surface area contributed by atoms with Crippen LogP contribution < -0.4 is 4.74 Å². The first-order valence-corrected chi connectivity index (χ1v) is 6.71. The molecule has 0 bridgehead atoms. The van der Waals surface area contributed by atoms with Crippen molar-refractivity contribution in [3.63, 3.8) is 0 Å². The van der Waals surface area contributed by atoms with Gasteiger partial charge in [0.15, 0.2) is 18.7 Å². The largest absolute Gasteiger partial charge is 0.482 e. The topological polar surface area (TPSA) is 65.2 Å². The van der Waals surface area contributed by atoms with Gasteiger partial charge >= 0.3 is 0 Å². The van der Waals surface area contributed by atoms with Gasteiger partial charge in [-0.25, -0.2) is 0 Å². The first-order chi connectivity index (χ1) is 9.24. The van der Waals surface area contributed by atoms with Gasteiger partial charge in [0.25, 0.3) is 5.89 Å². The molecule has 0 atom stereocenters. The third kappa shape index (κ3) is 3.41. The predicted molar refractivity (Wildman–Crippen MR) is 72.2 cm³/mol. The zero-order valence-corrected chi connectivity index (χ0v) is 12.0. The number of carbonyl (C=O) groups is 1. The van der Waals surface area contributed by atoms with E-state index in [1.54, 1.807) is 18.2 Å². The molecular formula is C13H13BrN2O3. The number of benzene rings is 1. The number of aryl methyl sites for hydroxylation is 1. The van der Waals surface area contributed by atoms with Crippen LogP contribution in [0.3, 0.4) is 0 Å². The van der Waals surface area contributed by atoms with Crippen molar-refractivity contribution in [2.24, 2.45) is 0 Å². The fraction of sp³-hybridized carbons (Fsp3) is 0.308. The number of carbonyl (C=O) groups excluding carboxylic acids is 1. The maximum Gasteiger partial charge on any atom is 0.264 e. The van der Waals surface area contributed by atoms with E-state index in [1.807, 2.05) is 6.92 Å². The van der Waals surface area contributed by atoms with E-state index in [1.165, 1.54) is 0 Å². The van der Waals surface area contributed by atoms with Crippen molar-refractivity contribution >= 4 is 22.2 Å². The second-order valence-electron chi connectivity index (χ2n) is 3.92. The van der Waals surface area contributed by atoms with Crippen LogP contribution in [0.5, 0.6) is 5.75 Å². The molecule has 2 aromatic rings. The molecule has 1 aromatic heterocycles.